The number of amides is 1. The monoisotopic (exact) mass is 472 g/mol. The lowest BCUT2D eigenvalue weighted by molar-refractivity contribution is -0.117. The Balaban J connectivity index is 1.69. The Kier molecular flexibility index (Phi) is 5.63. The average molecular weight is 473 g/mol. The molecule has 152 valence electrons. The first-order chi connectivity index (χ1) is 13.7. The molecule has 0 aromatic heterocycles. The lowest BCUT2D eigenvalue weighted by atomic mass is 10.1. The van der Waals surface area contributed by atoms with E-state index in [0.717, 1.165) is 0 Å². The number of hydrogen-bond donors (Lipinski definition) is 0. The number of anilines is 1. The van der Waals surface area contributed by atoms with E-state index in [-0.39, 0.29) is 29.0 Å². The molecule has 2 aromatic carbocycles. The van der Waals surface area contributed by atoms with E-state index in [0.29, 0.717) is 26.5 Å². The van der Waals surface area contributed by atoms with Crippen LogP contribution >= 0.6 is 35.0 Å². The molecule has 2 aliphatic heterocycles. The number of carbonyl (C=O) groups excluding carboxylic acids is 1. The zero-order valence-electron chi connectivity index (χ0n) is 14.9. The number of amidine groups is 1. The summed E-state index contributed by atoms with van der Waals surface area (Å²) in [5, 5.41) is 0.810. The normalized spacial score (nSPS) is 24.1. The molecule has 29 heavy (non-hydrogen) atoms. The van der Waals surface area contributed by atoms with E-state index in [1.165, 1.54) is 36.0 Å². The highest BCUT2D eigenvalue weighted by Gasteiger charge is 2.50. The fourth-order valence-electron chi connectivity index (χ4n) is 3.47. The highest BCUT2D eigenvalue weighted by molar-refractivity contribution is 8.16. The van der Waals surface area contributed by atoms with Gasteiger partial charge in [0.25, 0.3) is 5.91 Å². The summed E-state index contributed by atoms with van der Waals surface area (Å²) in [7, 11) is -3.20. The smallest absolute Gasteiger partial charge is 0.252 e. The van der Waals surface area contributed by atoms with Crippen molar-refractivity contribution in [3.63, 3.8) is 0 Å². The molecule has 5 nitrogen and oxygen atoms in total. The number of rotatable bonds is 3. The van der Waals surface area contributed by atoms with Crippen molar-refractivity contribution >= 4 is 61.6 Å². The predicted molar refractivity (Wildman–Crippen MR) is 115 cm³/mol. The van der Waals surface area contributed by atoms with Crippen molar-refractivity contribution in [2.75, 3.05) is 16.4 Å². The molecule has 4 rings (SSSR count). The van der Waals surface area contributed by atoms with Crippen LogP contribution in [-0.4, -0.2) is 42.3 Å². The van der Waals surface area contributed by atoms with Crippen molar-refractivity contribution in [3.05, 3.63) is 63.9 Å². The molecule has 0 N–H and O–H groups in total. The maximum atomic E-state index is 13.1. The third kappa shape index (κ3) is 4.30. The van der Waals surface area contributed by atoms with Crippen molar-refractivity contribution in [1.82, 2.24) is 0 Å². The number of sulfone groups is 1. The van der Waals surface area contributed by atoms with Crippen LogP contribution in [0.25, 0.3) is 0 Å². The van der Waals surface area contributed by atoms with Crippen molar-refractivity contribution in [2.24, 2.45) is 4.99 Å². The van der Waals surface area contributed by atoms with E-state index in [1.807, 2.05) is 0 Å². The molecule has 0 spiro atoms. The van der Waals surface area contributed by atoms with Crippen molar-refractivity contribution < 1.29 is 17.6 Å². The zero-order chi connectivity index (χ0) is 20.8. The molecule has 2 saturated heterocycles. The van der Waals surface area contributed by atoms with Crippen LogP contribution in [0.4, 0.5) is 10.1 Å². The largest absolute Gasteiger partial charge is 0.313 e. The number of thioether (sulfide) groups is 1. The van der Waals surface area contributed by atoms with Gasteiger partial charge in [-0.05, 0) is 29.8 Å². The number of carbonyl (C=O) groups is 1. The Labute approximate surface area is 181 Å². The minimum Gasteiger partial charge on any atom is -0.313 e. The Morgan fingerprint density at radius 2 is 1.79 bits per heavy atom. The second-order valence-corrected chi connectivity index (χ2v) is 11.0. The van der Waals surface area contributed by atoms with Gasteiger partial charge in [0.15, 0.2) is 15.0 Å². The van der Waals surface area contributed by atoms with Gasteiger partial charge in [-0.15, -0.1) is 0 Å². The van der Waals surface area contributed by atoms with Crippen molar-refractivity contribution in [1.29, 1.82) is 0 Å². The molecular weight excluding hydrogens is 458 g/mol. The second kappa shape index (κ2) is 7.91. The van der Waals surface area contributed by atoms with Crippen molar-refractivity contribution in [2.45, 2.75) is 17.7 Å². The van der Waals surface area contributed by atoms with Gasteiger partial charge < -0.3 is 4.90 Å². The molecule has 0 bridgehead atoms. The van der Waals surface area contributed by atoms with E-state index in [4.69, 9.17) is 23.2 Å². The summed E-state index contributed by atoms with van der Waals surface area (Å²) in [5.74, 6) is -0.855. The molecule has 2 fully saturated rings. The molecule has 0 saturated carbocycles. The summed E-state index contributed by atoms with van der Waals surface area (Å²) >= 11 is 14.0. The molecule has 2 aliphatic rings. The first kappa shape index (κ1) is 20.7. The van der Waals surface area contributed by atoms with E-state index >= 15 is 0 Å². The summed E-state index contributed by atoms with van der Waals surface area (Å²) in [6, 6.07) is 10.2. The van der Waals surface area contributed by atoms with E-state index < -0.39 is 21.8 Å². The highest BCUT2D eigenvalue weighted by Crippen LogP contribution is 2.45. The minimum absolute atomic E-state index is 0.00205. The van der Waals surface area contributed by atoms with Crippen LogP contribution < -0.4 is 4.90 Å². The molecule has 2 unspecified atom stereocenters. The molecule has 1 amide bonds. The average Bonchev–Trinajstić information content (AvgIpc) is 3.09. The first-order valence-electron chi connectivity index (χ1n) is 8.70. The summed E-state index contributed by atoms with van der Waals surface area (Å²) in [4.78, 5) is 18.4. The van der Waals surface area contributed by atoms with Crippen LogP contribution in [0.15, 0.2) is 47.5 Å². The molecule has 0 radical (unpaired) electrons. The summed E-state index contributed by atoms with van der Waals surface area (Å²) < 4.78 is 37.4. The van der Waals surface area contributed by atoms with Gasteiger partial charge >= 0.3 is 0 Å². The quantitative estimate of drug-likeness (QED) is 0.675. The Morgan fingerprint density at radius 1 is 1.14 bits per heavy atom. The van der Waals surface area contributed by atoms with Crippen LogP contribution in [0, 0.1) is 5.82 Å². The number of aliphatic imine (C=N–C) groups is 1. The topological polar surface area (TPSA) is 66.8 Å². The summed E-state index contributed by atoms with van der Waals surface area (Å²) in [6.45, 7) is 0. The number of nitrogens with zero attached hydrogens (tertiary/aromatic N) is 2. The maximum Gasteiger partial charge on any atom is 0.252 e. The van der Waals surface area contributed by atoms with Gasteiger partial charge in [0.1, 0.15) is 5.82 Å². The lowest BCUT2D eigenvalue weighted by Crippen LogP contribution is -2.38. The second-order valence-electron chi connectivity index (χ2n) is 6.83. The van der Waals surface area contributed by atoms with Gasteiger partial charge in [0.05, 0.1) is 39.7 Å². The molecule has 2 aromatic rings. The van der Waals surface area contributed by atoms with Gasteiger partial charge in [0.2, 0.25) is 0 Å². The zero-order valence-corrected chi connectivity index (χ0v) is 18.0. The van der Waals surface area contributed by atoms with E-state index in [2.05, 4.69) is 4.99 Å². The van der Waals surface area contributed by atoms with Gasteiger partial charge in [-0.25, -0.2) is 12.8 Å². The van der Waals surface area contributed by atoms with Crippen LogP contribution in [0.1, 0.15) is 5.56 Å². The van der Waals surface area contributed by atoms with Gasteiger partial charge in [0, 0.05) is 5.25 Å². The number of para-hydroxylation sites is 1. The van der Waals surface area contributed by atoms with Crippen LogP contribution in [-0.2, 0) is 21.1 Å². The SMILES string of the molecule is O=C(Cc1ccc(F)cc1)N=C1SC2CS(=O)(=O)CC2N1c1c(Cl)cccc1Cl. The fraction of sp³-hybridized carbons (Fsp3) is 0.263. The van der Waals surface area contributed by atoms with Gasteiger partial charge in [-0.1, -0.05) is 53.2 Å². The Bertz CT molecular complexity index is 1090. The molecule has 0 aliphatic carbocycles. The third-order valence-electron chi connectivity index (χ3n) is 4.73. The van der Waals surface area contributed by atoms with E-state index in [1.54, 1.807) is 23.1 Å². The minimum atomic E-state index is -3.20. The summed E-state index contributed by atoms with van der Waals surface area (Å²) in [6.07, 6.45) is 0.00205. The Morgan fingerprint density at radius 3 is 2.45 bits per heavy atom. The molecule has 2 heterocycles. The third-order valence-corrected chi connectivity index (χ3v) is 8.55. The lowest BCUT2D eigenvalue weighted by Gasteiger charge is -2.26. The number of hydrogen-bond acceptors (Lipinski definition) is 4. The van der Waals surface area contributed by atoms with E-state index in [9.17, 15) is 17.6 Å². The fourth-order valence-corrected chi connectivity index (χ4v) is 7.96. The van der Waals surface area contributed by atoms with Crippen LogP contribution in [0.5, 0.6) is 0 Å². The number of benzene rings is 2. The maximum absolute atomic E-state index is 13.1. The molecular formula is C19H15Cl2FN2O3S2. The van der Waals surface area contributed by atoms with Crippen LogP contribution in [0.2, 0.25) is 10.0 Å². The predicted octanol–water partition coefficient (Wildman–Crippen LogP) is 3.98. The number of halogens is 3. The number of fused-ring (bicyclic) bond motifs is 1. The first-order valence-corrected chi connectivity index (χ1v) is 12.2. The van der Waals surface area contributed by atoms with Gasteiger partial charge in [-0.3, -0.25) is 4.79 Å². The Hall–Kier alpha value is -1.61. The standard InChI is InChI=1S/C19H15Cl2FN2O3S2/c20-13-2-1-3-14(21)18(13)24-15-9-29(26,27)10-16(15)28-19(24)23-17(25)8-11-4-6-12(22)7-5-11/h1-7,15-16H,8-10H2. The molecule has 10 heteroatoms. The highest BCUT2D eigenvalue weighted by atomic mass is 35.5. The summed E-state index contributed by atoms with van der Waals surface area (Å²) in [5.41, 5.74) is 1.08. The van der Waals surface area contributed by atoms with Gasteiger partial charge in [-0.2, -0.15) is 4.99 Å². The van der Waals surface area contributed by atoms with Crippen LogP contribution in [0.3, 0.4) is 0 Å². The van der Waals surface area contributed by atoms with Crippen molar-refractivity contribution in [3.8, 4) is 0 Å². The molecule has 2 atom stereocenters.